The van der Waals surface area contributed by atoms with Gasteiger partial charge in [0.15, 0.2) is 5.16 Å². The highest BCUT2D eigenvalue weighted by atomic mass is 32.2. The molecular formula is C19H23N5O2S. The summed E-state index contributed by atoms with van der Waals surface area (Å²) < 4.78 is 3.23. The summed E-state index contributed by atoms with van der Waals surface area (Å²) in [5.41, 5.74) is 0.279. The van der Waals surface area contributed by atoms with Crippen molar-refractivity contribution >= 4 is 28.3 Å². The number of aryl methyl sites for hydroxylation is 1. The molecule has 0 saturated carbocycles. The quantitative estimate of drug-likeness (QED) is 0.627. The van der Waals surface area contributed by atoms with E-state index in [0.29, 0.717) is 22.7 Å². The number of ketones is 1. The van der Waals surface area contributed by atoms with Gasteiger partial charge in [0.25, 0.3) is 5.56 Å². The molecule has 142 valence electrons. The molecule has 0 saturated heterocycles. The lowest BCUT2D eigenvalue weighted by Gasteiger charge is -2.15. The Morgan fingerprint density at radius 1 is 1.11 bits per heavy atom. The van der Waals surface area contributed by atoms with E-state index in [0.717, 1.165) is 16.9 Å². The minimum Gasteiger partial charge on any atom is -0.309 e. The fourth-order valence-corrected chi connectivity index (χ4v) is 3.72. The summed E-state index contributed by atoms with van der Waals surface area (Å²) >= 11 is 1.39. The SMILES string of the molecule is Cn1c(Cc2nn(C)c(=O)c3ccccc23)nnc1SCC(=O)C(C)(C)C. The number of hydrogen-bond acceptors (Lipinski definition) is 6. The van der Waals surface area contributed by atoms with Crippen LogP contribution in [0.4, 0.5) is 0 Å². The van der Waals surface area contributed by atoms with Crippen molar-refractivity contribution < 1.29 is 4.79 Å². The fraction of sp³-hybridized carbons (Fsp3) is 0.421. The van der Waals surface area contributed by atoms with Crippen LogP contribution in [-0.4, -0.2) is 36.1 Å². The Labute approximate surface area is 161 Å². The Morgan fingerprint density at radius 2 is 1.78 bits per heavy atom. The van der Waals surface area contributed by atoms with Crippen molar-refractivity contribution in [2.24, 2.45) is 19.5 Å². The summed E-state index contributed by atoms with van der Waals surface area (Å²) in [6, 6.07) is 7.44. The van der Waals surface area contributed by atoms with Gasteiger partial charge in [-0.05, 0) is 6.07 Å². The second-order valence-corrected chi connectivity index (χ2v) is 8.46. The van der Waals surface area contributed by atoms with Crippen molar-refractivity contribution in [2.45, 2.75) is 32.3 Å². The normalized spacial score (nSPS) is 11.9. The zero-order valence-electron chi connectivity index (χ0n) is 16.2. The smallest absolute Gasteiger partial charge is 0.274 e. The van der Waals surface area contributed by atoms with Gasteiger partial charge in [0.1, 0.15) is 11.6 Å². The van der Waals surface area contributed by atoms with Crippen LogP contribution in [0.2, 0.25) is 0 Å². The van der Waals surface area contributed by atoms with Crippen molar-refractivity contribution in [3.8, 4) is 0 Å². The third kappa shape index (κ3) is 3.95. The molecule has 0 radical (unpaired) electrons. The molecule has 2 heterocycles. The minimum absolute atomic E-state index is 0.121. The predicted molar refractivity (Wildman–Crippen MR) is 106 cm³/mol. The molecule has 0 atom stereocenters. The average molecular weight is 385 g/mol. The van der Waals surface area contributed by atoms with Crippen molar-refractivity contribution in [1.29, 1.82) is 0 Å². The molecule has 1 aromatic carbocycles. The van der Waals surface area contributed by atoms with Crippen molar-refractivity contribution in [3.63, 3.8) is 0 Å². The summed E-state index contributed by atoms with van der Waals surface area (Å²) in [4.78, 5) is 24.4. The van der Waals surface area contributed by atoms with Gasteiger partial charge >= 0.3 is 0 Å². The van der Waals surface area contributed by atoms with E-state index in [9.17, 15) is 9.59 Å². The maximum absolute atomic E-state index is 12.3. The summed E-state index contributed by atoms with van der Waals surface area (Å²) in [5.74, 6) is 1.26. The van der Waals surface area contributed by atoms with Crippen LogP contribution in [0.15, 0.2) is 34.2 Å². The molecule has 3 rings (SSSR count). The topological polar surface area (TPSA) is 82.7 Å². The Bertz CT molecular complexity index is 1060. The summed E-state index contributed by atoms with van der Waals surface area (Å²) in [7, 11) is 3.53. The first-order valence-corrected chi connectivity index (χ1v) is 9.66. The molecule has 0 bridgehead atoms. The lowest BCUT2D eigenvalue weighted by molar-refractivity contribution is -0.123. The van der Waals surface area contributed by atoms with Gasteiger partial charge in [0.05, 0.1) is 23.3 Å². The number of carbonyl (C=O) groups is 1. The van der Waals surface area contributed by atoms with Crippen LogP contribution in [-0.2, 0) is 25.3 Å². The number of aromatic nitrogens is 5. The van der Waals surface area contributed by atoms with E-state index in [2.05, 4.69) is 15.3 Å². The van der Waals surface area contributed by atoms with Gasteiger partial charge < -0.3 is 4.57 Å². The largest absolute Gasteiger partial charge is 0.309 e. The maximum Gasteiger partial charge on any atom is 0.274 e. The highest BCUT2D eigenvalue weighted by Crippen LogP contribution is 2.23. The van der Waals surface area contributed by atoms with Crippen LogP contribution < -0.4 is 5.56 Å². The van der Waals surface area contributed by atoms with E-state index in [1.165, 1.54) is 16.4 Å². The molecule has 8 heteroatoms. The molecule has 0 spiro atoms. The van der Waals surface area contributed by atoms with Gasteiger partial charge in [-0.3, -0.25) is 9.59 Å². The second-order valence-electron chi connectivity index (χ2n) is 7.52. The van der Waals surface area contributed by atoms with Crippen LogP contribution in [0, 0.1) is 5.41 Å². The van der Waals surface area contributed by atoms with Crippen LogP contribution in [0.1, 0.15) is 32.3 Å². The summed E-state index contributed by atoms with van der Waals surface area (Å²) in [6.07, 6.45) is 0.450. The molecule has 0 fully saturated rings. The standard InChI is InChI=1S/C19H23N5O2S/c1-19(2,3)15(25)11-27-18-21-20-16(23(18)4)10-14-12-8-6-7-9-13(12)17(26)24(5)22-14/h6-9H,10-11H2,1-5H3. The molecule has 0 N–H and O–H groups in total. The second kappa shape index (κ2) is 7.26. The Kier molecular flexibility index (Phi) is 5.19. The third-order valence-corrected chi connectivity index (χ3v) is 5.47. The van der Waals surface area contributed by atoms with Crippen LogP contribution in [0.3, 0.4) is 0 Å². The molecule has 3 aromatic rings. The van der Waals surface area contributed by atoms with E-state index >= 15 is 0 Å². The van der Waals surface area contributed by atoms with E-state index in [1.54, 1.807) is 13.1 Å². The minimum atomic E-state index is -0.369. The molecule has 0 aliphatic rings. The van der Waals surface area contributed by atoms with Crippen molar-refractivity contribution in [2.75, 3.05) is 5.75 Å². The van der Waals surface area contributed by atoms with Gasteiger partial charge in [-0.2, -0.15) is 5.10 Å². The Hall–Kier alpha value is -2.48. The zero-order valence-corrected chi connectivity index (χ0v) is 17.0. The van der Waals surface area contributed by atoms with Crippen molar-refractivity contribution in [3.05, 3.63) is 46.1 Å². The number of thioether (sulfide) groups is 1. The number of carbonyl (C=O) groups excluding carboxylic acids is 1. The Balaban J connectivity index is 1.87. The molecule has 0 aliphatic heterocycles. The average Bonchev–Trinajstić information content (AvgIpc) is 2.96. The van der Waals surface area contributed by atoms with Crippen LogP contribution in [0.25, 0.3) is 10.8 Å². The van der Waals surface area contributed by atoms with E-state index < -0.39 is 0 Å². The Morgan fingerprint density at radius 3 is 2.44 bits per heavy atom. The first-order chi connectivity index (χ1) is 12.7. The van der Waals surface area contributed by atoms with Gasteiger partial charge in [-0.15, -0.1) is 10.2 Å². The highest BCUT2D eigenvalue weighted by Gasteiger charge is 2.22. The molecule has 0 aliphatic carbocycles. The van der Waals surface area contributed by atoms with Crippen LogP contribution in [0.5, 0.6) is 0 Å². The number of nitrogens with zero attached hydrogens (tertiary/aromatic N) is 5. The number of fused-ring (bicyclic) bond motifs is 1. The maximum atomic E-state index is 12.3. The van der Waals surface area contributed by atoms with Gasteiger partial charge in [-0.1, -0.05) is 50.7 Å². The number of rotatable bonds is 5. The summed E-state index contributed by atoms with van der Waals surface area (Å²) in [6.45, 7) is 5.73. The highest BCUT2D eigenvalue weighted by molar-refractivity contribution is 7.99. The lowest BCUT2D eigenvalue weighted by atomic mass is 9.92. The zero-order chi connectivity index (χ0) is 19.8. The lowest BCUT2D eigenvalue weighted by Crippen LogP contribution is -2.22. The van der Waals surface area contributed by atoms with E-state index in [4.69, 9.17) is 0 Å². The summed E-state index contributed by atoms with van der Waals surface area (Å²) in [5, 5.41) is 15.0. The number of hydrogen-bond donors (Lipinski definition) is 0. The molecular weight excluding hydrogens is 362 g/mol. The third-order valence-electron chi connectivity index (χ3n) is 4.45. The first kappa shape index (κ1) is 19.3. The van der Waals surface area contributed by atoms with Gasteiger partial charge in [-0.25, -0.2) is 4.68 Å². The predicted octanol–water partition coefficient (Wildman–Crippen LogP) is 2.36. The monoisotopic (exact) mass is 385 g/mol. The molecule has 7 nitrogen and oxygen atoms in total. The number of benzene rings is 1. The van der Waals surface area contributed by atoms with Gasteiger partial charge in [0, 0.05) is 24.9 Å². The van der Waals surface area contributed by atoms with E-state index in [1.807, 2.05) is 50.6 Å². The first-order valence-electron chi connectivity index (χ1n) is 8.68. The molecule has 0 unspecified atom stereocenters. The van der Waals surface area contributed by atoms with Crippen LogP contribution >= 0.6 is 11.8 Å². The molecule has 2 aromatic heterocycles. The van der Waals surface area contributed by atoms with E-state index in [-0.39, 0.29) is 16.8 Å². The van der Waals surface area contributed by atoms with Crippen molar-refractivity contribution in [1.82, 2.24) is 24.5 Å². The molecule has 0 amide bonds. The molecule has 27 heavy (non-hydrogen) atoms. The fourth-order valence-electron chi connectivity index (χ4n) is 2.63. The van der Waals surface area contributed by atoms with Gasteiger partial charge in [0.2, 0.25) is 0 Å². The number of Topliss-reactive ketones (excluding diaryl/α,β-unsaturated/α-hetero) is 1.